The van der Waals surface area contributed by atoms with E-state index in [9.17, 15) is 14.9 Å². The molecule has 0 aliphatic heterocycles. The molecule has 0 atom stereocenters. The highest BCUT2D eigenvalue weighted by Gasteiger charge is 2.19. The van der Waals surface area contributed by atoms with E-state index in [-0.39, 0.29) is 22.4 Å². The summed E-state index contributed by atoms with van der Waals surface area (Å²) >= 11 is 5.70. The number of halogens is 1. The molecule has 21 heavy (non-hydrogen) atoms. The van der Waals surface area contributed by atoms with Crippen LogP contribution in [0.1, 0.15) is 23.8 Å². The number of hydrogen-bond donors (Lipinski definition) is 1. The van der Waals surface area contributed by atoms with Gasteiger partial charge in [0.05, 0.1) is 11.1 Å². The van der Waals surface area contributed by atoms with Gasteiger partial charge in [0.2, 0.25) is 0 Å². The summed E-state index contributed by atoms with van der Waals surface area (Å²) < 4.78 is 1.54. The van der Waals surface area contributed by atoms with E-state index in [0.717, 1.165) is 6.42 Å². The Kier molecular flexibility index (Phi) is 4.49. The summed E-state index contributed by atoms with van der Waals surface area (Å²) in [5, 5.41) is 13.5. The molecule has 0 saturated carbocycles. The smallest absolute Gasteiger partial charge is 0.287 e. The summed E-state index contributed by atoms with van der Waals surface area (Å²) in [4.78, 5) is 30.0. The predicted octanol–water partition coefficient (Wildman–Crippen LogP) is 2.50. The van der Waals surface area contributed by atoms with Crippen molar-refractivity contribution < 1.29 is 9.72 Å². The second-order valence-electron chi connectivity index (χ2n) is 4.21. The Bertz CT molecular complexity index is 685. The number of carbonyl (C=O) groups excluding carboxylic acids is 1. The lowest BCUT2D eigenvalue weighted by molar-refractivity contribution is -0.384. The zero-order valence-corrected chi connectivity index (χ0v) is 11.9. The van der Waals surface area contributed by atoms with Gasteiger partial charge in [-0.1, -0.05) is 18.5 Å². The van der Waals surface area contributed by atoms with E-state index in [2.05, 4.69) is 15.3 Å². The molecular weight excluding hydrogens is 298 g/mol. The minimum atomic E-state index is -0.537. The van der Waals surface area contributed by atoms with Crippen LogP contribution in [0.4, 0.5) is 11.5 Å². The molecule has 2 aromatic rings. The Hall–Kier alpha value is -2.48. The van der Waals surface area contributed by atoms with Crippen LogP contribution in [0.5, 0.6) is 0 Å². The van der Waals surface area contributed by atoms with Crippen molar-refractivity contribution in [3.8, 4) is 0 Å². The van der Waals surface area contributed by atoms with Crippen molar-refractivity contribution in [1.82, 2.24) is 14.5 Å². The number of nitro groups is 1. The average Bonchev–Trinajstić information content (AvgIpc) is 2.83. The first-order chi connectivity index (χ1) is 10.0. The Balaban J connectivity index is 2.27. The van der Waals surface area contributed by atoms with Gasteiger partial charge >= 0.3 is 0 Å². The standard InChI is InChI=1S/C12H12ClN5O3/c1-2-3-17-6-8(18(20)21)4-9(17)12(19)16-11-5-10(13)14-7-15-11/h4-7H,2-3H2,1H3,(H,14,15,16,19). The van der Waals surface area contributed by atoms with E-state index in [1.54, 1.807) is 0 Å². The number of nitrogens with zero attached hydrogens (tertiary/aromatic N) is 4. The highest BCUT2D eigenvalue weighted by Crippen LogP contribution is 2.18. The molecule has 0 saturated heterocycles. The van der Waals surface area contributed by atoms with Crippen LogP contribution in [0.2, 0.25) is 5.15 Å². The van der Waals surface area contributed by atoms with Crippen molar-refractivity contribution >= 4 is 29.0 Å². The summed E-state index contributed by atoms with van der Waals surface area (Å²) in [5.74, 6) is -0.266. The highest BCUT2D eigenvalue weighted by molar-refractivity contribution is 6.29. The van der Waals surface area contributed by atoms with Crippen LogP contribution >= 0.6 is 11.6 Å². The van der Waals surface area contributed by atoms with Crippen LogP contribution in [0.15, 0.2) is 24.7 Å². The predicted molar refractivity (Wildman–Crippen MR) is 76.4 cm³/mol. The molecular formula is C12H12ClN5O3. The van der Waals surface area contributed by atoms with Gasteiger partial charge in [0.25, 0.3) is 11.6 Å². The van der Waals surface area contributed by atoms with Crippen molar-refractivity contribution in [2.45, 2.75) is 19.9 Å². The quantitative estimate of drug-likeness (QED) is 0.519. The summed E-state index contributed by atoms with van der Waals surface area (Å²) in [5.41, 5.74) is 0.0626. The molecule has 0 radical (unpaired) electrons. The average molecular weight is 310 g/mol. The Morgan fingerprint density at radius 3 is 2.86 bits per heavy atom. The van der Waals surface area contributed by atoms with Crippen LogP contribution in [0.3, 0.4) is 0 Å². The molecule has 1 N–H and O–H groups in total. The lowest BCUT2D eigenvalue weighted by Crippen LogP contribution is -2.17. The van der Waals surface area contributed by atoms with Crippen LogP contribution in [-0.2, 0) is 6.54 Å². The zero-order valence-electron chi connectivity index (χ0n) is 11.1. The van der Waals surface area contributed by atoms with Gasteiger partial charge in [0, 0.05) is 18.7 Å². The van der Waals surface area contributed by atoms with Crippen LogP contribution < -0.4 is 5.32 Å². The molecule has 8 nitrogen and oxygen atoms in total. The van der Waals surface area contributed by atoms with Crippen molar-refractivity contribution in [2.75, 3.05) is 5.32 Å². The van der Waals surface area contributed by atoms with Crippen LogP contribution in [-0.4, -0.2) is 25.4 Å². The largest absolute Gasteiger partial charge is 0.337 e. The van der Waals surface area contributed by atoms with E-state index >= 15 is 0 Å². The number of rotatable bonds is 5. The molecule has 1 amide bonds. The first-order valence-electron chi connectivity index (χ1n) is 6.14. The van der Waals surface area contributed by atoms with Gasteiger partial charge in [-0.15, -0.1) is 0 Å². The first kappa shape index (κ1) is 14.9. The molecule has 9 heteroatoms. The van der Waals surface area contributed by atoms with Gasteiger partial charge in [-0.3, -0.25) is 14.9 Å². The normalized spacial score (nSPS) is 10.4. The molecule has 0 spiro atoms. The summed E-state index contributed by atoms with van der Waals surface area (Å²) in [6, 6.07) is 2.62. The number of amides is 1. The molecule has 2 rings (SSSR count). The Labute approximate surface area is 124 Å². The Morgan fingerprint density at radius 2 is 2.24 bits per heavy atom. The third-order valence-corrected chi connectivity index (χ3v) is 2.87. The Morgan fingerprint density at radius 1 is 1.48 bits per heavy atom. The molecule has 110 valence electrons. The lowest BCUT2D eigenvalue weighted by Gasteiger charge is -2.07. The number of aromatic nitrogens is 3. The monoisotopic (exact) mass is 309 g/mol. The maximum atomic E-state index is 12.2. The van der Waals surface area contributed by atoms with Gasteiger partial charge < -0.3 is 9.88 Å². The van der Waals surface area contributed by atoms with E-state index in [0.29, 0.717) is 6.54 Å². The number of hydrogen-bond acceptors (Lipinski definition) is 5. The van der Waals surface area contributed by atoms with Crippen LogP contribution in [0.25, 0.3) is 0 Å². The van der Waals surface area contributed by atoms with Crippen molar-refractivity contribution in [3.63, 3.8) is 0 Å². The second kappa shape index (κ2) is 6.31. The van der Waals surface area contributed by atoms with Crippen molar-refractivity contribution in [1.29, 1.82) is 0 Å². The van der Waals surface area contributed by atoms with Gasteiger partial charge in [0.1, 0.15) is 23.0 Å². The SMILES string of the molecule is CCCn1cc([N+](=O)[O-])cc1C(=O)Nc1cc(Cl)ncn1. The van der Waals surface area contributed by atoms with Gasteiger partial charge in [0.15, 0.2) is 0 Å². The van der Waals surface area contributed by atoms with E-state index in [1.165, 1.54) is 29.2 Å². The van der Waals surface area contributed by atoms with Crippen molar-refractivity contribution in [2.24, 2.45) is 0 Å². The fourth-order valence-electron chi connectivity index (χ4n) is 1.79. The first-order valence-corrected chi connectivity index (χ1v) is 6.52. The molecule has 0 aliphatic rings. The minimum absolute atomic E-state index is 0.130. The molecule has 2 heterocycles. The highest BCUT2D eigenvalue weighted by atomic mass is 35.5. The summed E-state index contributed by atoms with van der Waals surface area (Å²) in [6.45, 7) is 2.42. The zero-order chi connectivity index (χ0) is 15.4. The van der Waals surface area contributed by atoms with Crippen LogP contribution in [0, 0.1) is 10.1 Å². The molecule has 0 bridgehead atoms. The molecule has 2 aromatic heterocycles. The third kappa shape index (κ3) is 3.54. The maximum Gasteiger partial charge on any atom is 0.287 e. The number of anilines is 1. The lowest BCUT2D eigenvalue weighted by atomic mass is 10.3. The van der Waals surface area contributed by atoms with Gasteiger partial charge in [-0.05, 0) is 6.42 Å². The molecule has 0 unspecified atom stereocenters. The number of aryl methyl sites for hydroxylation is 1. The topological polar surface area (TPSA) is 103 Å². The molecule has 0 aliphatic carbocycles. The fraction of sp³-hybridized carbons (Fsp3) is 0.250. The number of nitrogens with one attached hydrogen (secondary N) is 1. The maximum absolute atomic E-state index is 12.2. The van der Waals surface area contributed by atoms with Crippen molar-refractivity contribution in [3.05, 3.63) is 45.6 Å². The summed E-state index contributed by atoms with van der Waals surface area (Å²) in [7, 11) is 0. The summed E-state index contributed by atoms with van der Waals surface area (Å²) in [6.07, 6.45) is 3.29. The van der Waals surface area contributed by atoms with Gasteiger partial charge in [-0.2, -0.15) is 0 Å². The van der Waals surface area contributed by atoms with E-state index in [1.807, 2.05) is 6.92 Å². The number of carbonyl (C=O) groups is 1. The second-order valence-corrected chi connectivity index (χ2v) is 4.60. The van der Waals surface area contributed by atoms with E-state index in [4.69, 9.17) is 11.6 Å². The van der Waals surface area contributed by atoms with E-state index < -0.39 is 10.8 Å². The van der Waals surface area contributed by atoms with Gasteiger partial charge in [-0.25, -0.2) is 9.97 Å². The third-order valence-electron chi connectivity index (χ3n) is 2.67. The molecule has 0 fully saturated rings. The fourth-order valence-corrected chi connectivity index (χ4v) is 1.94. The minimum Gasteiger partial charge on any atom is -0.337 e. The molecule has 0 aromatic carbocycles.